The van der Waals surface area contributed by atoms with Crippen LogP contribution in [0.2, 0.25) is 5.02 Å². The van der Waals surface area contributed by atoms with Gasteiger partial charge in [0.05, 0.1) is 10.6 Å². The van der Waals surface area contributed by atoms with Crippen molar-refractivity contribution in [2.75, 3.05) is 18.0 Å². The Kier molecular flexibility index (Phi) is 5.70. The van der Waals surface area contributed by atoms with Crippen molar-refractivity contribution in [3.8, 4) is 0 Å². The predicted octanol–water partition coefficient (Wildman–Crippen LogP) is 4.91. The second-order valence-electron chi connectivity index (χ2n) is 8.92. The molecule has 1 aromatic heterocycles. The van der Waals surface area contributed by atoms with E-state index in [-0.39, 0.29) is 22.9 Å². The normalized spacial score (nSPS) is 28.6. The molecule has 0 spiro atoms. The van der Waals surface area contributed by atoms with Gasteiger partial charge in [-0.05, 0) is 62.8 Å². The molecule has 4 nitrogen and oxygen atoms in total. The number of piperidine rings is 1. The predicted molar refractivity (Wildman–Crippen MR) is 106 cm³/mol. The van der Waals surface area contributed by atoms with Crippen molar-refractivity contribution in [2.45, 2.75) is 57.7 Å². The van der Waals surface area contributed by atoms with Crippen LogP contribution in [0, 0.1) is 23.7 Å². The summed E-state index contributed by atoms with van der Waals surface area (Å²) in [5, 5.41) is 3.24. The van der Waals surface area contributed by atoms with Gasteiger partial charge < -0.3 is 10.2 Å². The number of hydrogen-bond donors (Lipinski definition) is 1. The number of carbonyl (C=O) groups is 1. The summed E-state index contributed by atoms with van der Waals surface area (Å²) in [6.45, 7) is 3.24. The molecule has 4 rings (SSSR count). The summed E-state index contributed by atoms with van der Waals surface area (Å²) >= 11 is 6.06. The van der Waals surface area contributed by atoms with E-state index in [2.05, 4.69) is 17.2 Å². The smallest absolute Gasteiger partial charge is 0.355 e. The summed E-state index contributed by atoms with van der Waals surface area (Å²) in [5.74, 6) is 2.62. The van der Waals surface area contributed by atoms with E-state index in [9.17, 15) is 18.0 Å². The van der Waals surface area contributed by atoms with Crippen LogP contribution in [-0.2, 0) is 11.0 Å². The van der Waals surface area contributed by atoms with Crippen LogP contribution in [0.1, 0.15) is 51.0 Å². The van der Waals surface area contributed by atoms with Gasteiger partial charge in [-0.25, -0.2) is 4.98 Å². The van der Waals surface area contributed by atoms with Crippen LogP contribution < -0.4 is 10.2 Å². The summed E-state index contributed by atoms with van der Waals surface area (Å²) in [6.07, 6.45) is 2.86. The second kappa shape index (κ2) is 7.97. The van der Waals surface area contributed by atoms with Gasteiger partial charge >= 0.3 is 6.18 Å². The first-order chi connectivity index (χ1) is 13.7. The van der Waals surface area contributed by atoms with Crippen LogP contribution in [0.4, 0.5) is 19.0 Å². The third kappa shape index (κ3) is 4.35. The fourth-order valence-electron chi connectivity index (χ4n) is 5.53. The number of carbonyl (C=O) groups excluding carboxylic acids is 1. The minimum Gasteiger partial charge on any atom is -0.355 e. The van der Waals surface area contributed by atoms with Gasteiger partial charge in [0.1, 0.15) is 5.82 Å². The fourth-order valence-corrected chi connectivity index (χ4v) is 5.81. The number of anilines is 1. The van der Waals surface area contributed by atoms with E-state index < -0.39 is 11.7 Å². The maximum atomic E-state index is 12.8. The Balaban J connectivity index is 1.30. The zero-order chi connectivity index (χ0) is 20.8. The molecule has 1 aliphatic heterocycles. The molecule has 3 fully saturated rings. The minimum absolute atomic E-state index is 0.00682. The number of rotatable bonds is 4. The van der Waals surface area contributed by atoms with E-state index in [1.54, 1.807) is 0 Å². The number of fused-ring (bicyclic) bond motifs is 2. The van der Waals surface area contributed by atoms with Gasteiger partial charge in [0.25, 0.3) is 0 Å². The van der Waals surface area contributed by atoms with Crippen molar-refractivity contribution in [3.63, 3.8) is 0 Å². The molecule has 1 amide bonds. The quantitative estimate of drug-likeness (QED) is 0.739. The lowest BCUT2D eigenvalue weighted by atomic mass is 9.83. The summed E-state index contributed by atoms with van der Waals surface area (Å²) < 4.78 is 38.4. The van der Waals surface area contributed by atoms with Crippen LogP contribution >= 0.6 is 11.6 Å². The number of pyridine rings is 1. The molecule has 1 saturated heterocycles. The van der Waals surface area contributed by atoms with Crippen LogP contribution in [0.25, 0.3) is 0 Å². The Labute approximate surface area is 174 Å². The van der Waals surface area contributed by atoms with E-state index in [4.69, 9.17) is 11.6 Å². The summed E-state index contributed by atoms with van der Waals surface area (Å²) in [6, 6.07) is 1.13. The first-order valence-corrected chi connectivity index (χ1v) is 10.9. The van der Waals surface area contributed by atoms with E-state index in [0.29, 0.717) is 37.7 Å². The maximum Gasteiger partial charge on any atom is 0.417 e. The highest BCUT2D eigenvalue weighted by molar-refractivity contribution is 6.33. The van der Waals surface area contributed by atoms with E-state index >= 15 is 0 Å². The highest BCUT2D eigenvalue weighted by Crippen LogP contribution is 2.49. The second-order valence-corrected chi connectivity index (χ2v) is 9.33. The number of aromatic nitrogens is 1. The van der Waals surface area contributed by atoms with E-state index in [0.717, 1.165) is 24.1 Å². The van der Waals surface area contributed by atoms with Crippen molar-refractivity contribution in [3.05, 3.63) is 22.8 Å². The Morgan fingerprint density at radius 2 is 1.97 bits per heavy atom. The van der Waals surface area contributed by atoms with Gasteiger partial charge in [-0.1, -0.05) is 18.0 Å². The molecule has 8 heteroatoms. The first-order valence-electron chi connectivity index (χ1n) is 10.5. The third-order valence-electron chi connectivity index (χ3n) is 7.12. The average Bonchev–Trinajstić information content (AvgIpc) is 3.31. The highest BCUT2D eigenvalue weighted by atomic mass is 35.5. The van der Waals surface area contributed by atoms with Crippen molar-refractivity contribution >= 4 is 23.3 Å². The lowest BCUT2D eigenvalue weighted by Crippen LogP contribution is -2.46. The molecule has 0 radical (unpaired) electrons. The fraction of sp³-hybridized carbons (Fsp3) is 0.714. The Hall–Kier alpha value is -1.50. The van der Waals surface area contributed by atoms with Gasteiger partial charge in [0, 0.05) is 31.2 Å². The summed E-state index contributed by atoms with van der Waals surface area (Å²) in [5.41, 5.74) is -0.852. The molecular formula is C21H27ClF3N3O. The van der Waals surface area contributed by atoms with Crippen LogP contribution in [0.3, 0.4) is 0 Å². The third-order valence-corrected chi connectivity index (χ3v) is 7.40. The number of nitrogens with zero attached hydrogens (tertiary/aromatic N) is 2. The van der Waals surface area contributed by atoms with Crippen LogP contribution in [0.15, 0.2) is 12.3 Å². The first kappa shape index (κ1) is 20.8. The number of hydrogen-bond acceptors (Lipinski definition) is 3. The van der Waals surface area contributed by atoms with Crippen LogP contribution in [-0.4, -0.2) is 30.0 Å². The minimum atomic E-state index is -4.46. The number of amides is 1. The molecule has 4 atom stereocenters. The van der Waals surface area contributed by atoms with Crippen molar-refractivity contribution in [1.82, 2.24) is 10.3 Å². The molecule has 3 aliphatic rings. The molecule has 1 aromatic rings. The van der Waals surface area contributed by atoms with Gasteiger partial charge in [0.2, 0.25) is 5.91 Å². The molecule has 4 unspecified atom stereocenters. The van der Waals surface area contributed by atoms with Gasteiger partial charge in [-0.15, -0.1) is 0 Å². The van der Waals surface area contributed by atoms with Crippen molar-refractivity contribution in [1.29, 1.82) is 0 Å². The molecule has 0 aromatic carbocycles. The Morgan fingerprint density at radius 3 is 2.52 bits per heavy atom. The lowest BCUT2D eigenvalue weighted by molar-refractivity contribution is -0.137. The molecular weight excluding hydrogens is 403 g/mol. The van der Waals surface area contributed by atoms with Crippen molar-refractivity contribution in [2.24, 2.45) is 23.7 Å². The summed E-state index contributed by atoms with van der Waals surface area (Å²) in [7, 11) is 0. The zero-order valence-corrected chi connectivity index (χ0v) is 17.3. The number of nitrogens with one attached hydrogen (secondary N) is 1. The molecule has 2 bridgehead atoms. The largest absolute Gasteiger partial charge is 0.417 e. The van der Waals surface area contributed by atoms with Crippen molar-refractivity contribution < 1.29 is 18.0 Å². The highest BCUT2D eigenvalue weighted by Gasteiger charge is 2.42. The molecule has 2 saturated carbocycles. The topological polar surface area (TPSA) is 45.2 Å². The Morgan fingerprint density at radius 1 is 1.24 bits per heavy atom. The summed E-state index contributed by atoms with van der Waals surface area (Å²) in [4.78, 5) is 18.5. The van der Waals surface area contributed by atoms with E-state index in [1.807, 2.05) is 4.90 Å². The number of halogens is 4. The van der Waals surface area contributed by atoms with Gasteiger partial charge in [0.15, 0.2) is 0 Å². The van der Waals surface area contributed by atoms with E-state index in [1.165, 1.54) is 25.7 Å². The zero-order valence-electron chi connectivity index (χ0n) is 16.5. The Bertz CT molecular complexity index is 764. The SMILES string of the molecule is CC(NC(=O)C1CCN(c2ncc(C(F)(F)F)cc2Cl)CC1)C1CC2CCC1C2. The maximum absolute atomic E-state index is 12.8. The lowest BCUT2D eigenvalue weighted by Gasteiger charge is -2.34. The molecule has 2 heterocycles. The standard InChI is InChI=1S/C21H27ClF3N3O/c1-12(17-9-13-2-3-15(17)8-13)27-20(29)14-4-6-28(7-5-14)19-18(22)10-16(11-26-19)21(23,24)25/h10-15,17H,2-9H2,1H3,(H,27,29). The average molecular weight is 430 g/mol. The molecule has 2 aliphatic carbocycles. The van der Waals surface area contributed by atoms with Gasteiger partial charge in [-0.2, -0.15) is 13.2 Å². The monoisotopic (exact) mass is 429 g/mol. The molecule has 29 heavy (non-hydrogen) atoms. The molecule has 1 N–H and O–H groups in total. The number of alkyl halides is 3. The molecule has 160 valence electrons. The van der Waals surface area contributed by atoms with Crippen LogP contribution in [0.5, 0.6) is 0 Å². The van der Waals surface area contributed by atoms with Gasteiger partial charge in [-0.3, -0.25) is 4.79 Å².